The molecule has 0 aromatic carbocycles. The fraction of sp³-hybridized carbons (Fsp3) is 1.00. The summed E-state index contributed by atoms with van der Waals surface area (Å²) >= 11 is 0. The van der Waals surface area contributed by atoms with E-state index in [2.05, 4.69) is 5.32 Å². The lowest BCUT2D eigenvalue weighted by molar-refractivity contribution is 0.119. The number of hydrogen-bond donors (Lipinski definition) is 2. The first-order valence-corrected chi connectivity index (χ1v) is 3.06. The molecule has 0 spiro atoms. The van der Waals surface area contributed by atoms with Gasteiger partial charge in [-0.25, -0.2) is 0 Å². The van der Waals surface area contributed by atoms with E-state index in [-0.39, 0.29) is 24.0 Å². The van der Waals surface area contributed by atoms with Gasteiger partial charge in [0.25, 0.3) is 0 Å². The first-order chi connectivity index (χ1) is 3.63. The summed E-state index contributed by atoms with van der Waals surface area (Å²) in [4.78, 5) is 0. The van der Waals surface area contributed by atoms with Gasteiger partial charge in [0.1, 0.15) is 0 Å². The number of aliphatic hydroxyl groups is 1. The van der Waals surface area contributed by atoms with Gasteiger partial charge in [-0.15, -0.1) is 12.4 Å². The minimum absolute atomic E-state index is 0. The summed E-state index contributed by atoms with van der Waals surface area (Å²) in [7, 11) is 0. The molecular formula is C6H14ClNO. The Morgan fingerprint density at radius 3 is 2.22 bits per heavy atom. The molecule has 0 aliphatic carbocycles. The Balaban J connectivity index is 0.000000640. The minimum Gasteiger partial charge on any atom is -0.391 e. The number of halogens is 1. The van der Waals surface area contributed by atoms with E-state index in [0.717, 1.165) is 13.0 Å². The van der Waals surface area contributed by atoms with Gasteiger partial charge in [0.2, 0.25) is 0 Å². The highest BCUT2D eigenvalue weighted by Crippen LogP contribution is 2.17. The summed E-state index contributed by atoms with van der Waals surface area (Å²) in [6.45, 7) is 4.99. The zero-order valence-corrected chi connectivity index (χ0v) is 6.66. The second-order valence-corrected chi connectivity index (χ2v) is 2.95. The molecule has 0 aromatic rings. The maximum atomic E-state index is 9.19. The first-order valence-electron chi connectivity index (χ1n) is 3.06. The van der Waals surface area contributed by atoms with Crippen LogP contribution >= 0.6 is 12.4 Å². The molecule has 1 atom stereocenters. The molecule has 1 unspecified atom stereocenters. The van der Waals surface area contributed by atoms with Crippen molar-refractivity contribution in [2.24, 2.45) is 0 Å². The van der Waals surface area contributed by atoms with E-state index >= 15 is 0 Å². The molecule has 1 aliphatic rings. The van der Waals surface area contributed by atoms with E-state index in [1.807, 2.05) is 13.8 Å². The fourth-order valence-electron chi connectivity index (χ4n) is 1.01. The van der Waals surface area contributed by atoms with Crippen LogP contribution in [0.1, 0.15) is 20.3 Å². The number of nitrogens with one attached hydrogen (secondary N) is 1. The van der Waals surface area contributed by atoms with E-state index in [0.29, 0.717) is 0 Å². The van der Waals surface area contributed by atoms with E-state index < -0.39 is 0 Å². The Morgan fingerprint density at radius 2 is 2.11 bits per heavy atom. The highest BCUT2D eigenvalue weighted by atomic mass is 35.5. The van der Waals surface area contributed by atoms with Crippen LogP contribution in [0, 0.1) is 0 Å². The molecule has 2 N–H and O–H groups in total. The molecule has 0 amide bonds. The monoisotopic (exact) mass is 151 g/mol. The van der Waals surface area contributed by atoms with Crippen molar-refractivity contribution >= 4 is 12.4 Å². The SMILES string of the molecule is CC1(C)NCCC1O.Cl. The van der Waals surface area contributed by atoms with Gasteiger partial charge < -0.3 is 10.4 Å². The lowest BCUT2D eigenvalue weighted by Gasteiger charge is -2.21. The zero-order chi connectivity index (χ0) is 6.20. The predicted octanol–water partition coefficient (Wildman–Crippen LogP) is 0.541. The van der Waals surface area contributed by atoms with E-state index in [1.54, 1.807) is 0 Å². The van der Waals surface area contributed by atoms with Crippen molar-refractivity contribution in [2.75, 3.05) is 6.54 Å². The number of aliphatic hydroxyl groups excluding tert-OH is 1. The first kappa shape index (κ1) is 9.21. The molecule has 1 rings (SSSR count). The Morgan fingerprint density at radius 1 is 1.56 bits per heavy atom. The van der Waals surface area contributed by atoms with Crippen LogP contribution in [0.5, 0.6) is 0 Å². The highest BCUT2D eigenvalue weighted by molar-refractivity contribution is 5.85. The summed E-state index contributed by atoms with van der Waals surface area (Å²) < 4.78 is 0. The minimum atomic E-state index is -0.150. The molecule has 1 heterocycles. The molecule has 56 valence electrons. The third-order valence-corrected chi connectivity index (χ3v) is 1.83. The molecular weight excluding hydrogens is 138 g/mol. The van der Waals surface area contributed by atoms with Crippen molar-refractivity contribution in [1.29, 1.82) is 0 Å². The molecule has 1 saturated heterocycles. The highest BCUT2D eigenvalue weighted by Gasteiger charge is 2.31. The van der Waals surface area contributed by atoms with Crippen molar-refractivity contribution in [2.45, 2.75) is 31.9 Å². The smallest absolute Gasteiger partial charge is 0.0728 e. The molecule has 0 radical (unpaired) electrons. The third kappa shape index (κ3) is 1.81. The summed E-state index contributed by atoms with van der Waals surface area (Å²) in [6, 6.07) is 0. The van der Waals surface area contributed by atoms with Crippen LogP contribution in [-0.2, 0) is 0 Å². The summed E-state index contributed by atoms with van der Waals surface area (Å²) in [5.74, 6) is 0. The quantitative estimate of drug-likeness (QED) is 0.530. The second-order valence-electron chi connectivity index (χ2n) is 2.95. The van der Waals surface area contributed by atoms with Gasteiger partial charge in [0.05, 0.1) is 6.10 Å². The topological polar surface area (TPSA) is 32.3 Å². The van der Waals surface area contributed by atoms with Crippen LogP contribution in [0.4, 0.5) is 0 Å². The lowest BCUT2D eigenvalue weighted by atomic mass is 10.0. The van der Waals surface area contributed by atoms with Gasteiger partial charge >= 0.3 is 0 Å². The fourth-order valence-corrected chi connectivity index (χ4v) is 1.01. The third-order valence-electron chi connectivity index (χ3n) is 1.83. The molecule has 1 aliphatic heterocycles. The average Bonchev–Trinajstić information content (AvgIpc) is 1.86. The molecule has 9 heavy (non-hydrogen) atoms. The molecule has 0 bridgehead atoms. The Labute approximate surface area is 62.1 Å². The van der Waals surface area contributed by atoms with Crippen LogP contribution in [0.2, 0.25) is 0 Å². The Bertz CT molecular complexity index is 95.1. The normalized spacial score (nSPS) is 31.7. The zero-order valence-electron chi connectivity index (χ0n) is 5.85. The van der Waals surface area contributed by atoms with Crippen molar-refractivity contribution in [3.05, 3.63) is 0 Å². The standard InChI is InChI=1S/C6H13NO.ClH/c1-6(2)5(8)3-4-7-6;/h5,7-8H,3-4H2,1-2H3;1H. The van der Waals surface area contributed by atoms with E-state index in [1.165, 1.54) is 0 Å². The lowest BCUT2D eigenvalue weighted by Crippen LogP contribution is -2.40. The van der Waals surface area contributed by atoms with Crippen molar-refractivity contribution in [3.63, 3.8) is 0 Å². The van der Waals surface area contributed by atoms with Gasteiger partial charge in [-0.05, 0) is 26.8 Å². The Hall–Kier alpha value is 0.210. The largest absolute Gasteiger partial charge is 0.391 e. The van der Waals surface area contributed by atoms with E-state index in [4.69, 9.17) is 0 Å². The van der Waals surface area contributed by atoms with Crippen molar-refractivity contribution in [3.8, 4) is 0 Å². The Kier molecular flexibility index (Phi) is 2.93. The van der Waals surface area contributed by atoms with Crippen molar-refractivity contribution in [1.82, 2.24) is 5.32 Å². The molecule has 1 fully saturated rings. The van der Waals surface area contributed by atoms with Crippen LogP contribution in [0.15, 0.2) is 0 Å². The summed E-state index contributed by atoms with van der Waals surface area (Å²) in [5.41, 5.74) is -0.0417. The van der Waals surface area contributed by atoms with Crippen LogP contribution in [0.25, 0.3) is 0 Å². The van der Waals surface area contributed by atoms with Crippen LogP contribution in [-0.4, -0.2) is 23.3 Å². The molecule has 0 aromatic heterocycles. The van der Waals surface area contributed by atoms with Gasteiger partial charge in [-0.2, -0.15) is 0 Å². The van der Waals surface area contributed by atoms with Gasteiger partial charge in [0, 0.05) is 5.54 Å². The number of rotatable bonds is 0. The molecule has 3 heteroatoms. The average molecular weight is 152 g/mol. The summed E-state index contributed by atoms with van der Waals surface area (Å²) in [6.07, 6.45) is 0.745. The van der Waals surface area contributed by atoms with Crippen LogP contribution < -0.4 is 5.32 Å². The predicted molar refractivity (Wildman–Crippen MR) is 40.0 cm³/mol. The van der Waals surface area contributed by atoms with E-state index in [9.17, 15) is 5.11 Å². The molecule has 0 saturated carbocycles. The van der Waals surface area contributed by atoms with Gasteiger partial charge in [-0.1, -0.05) is 0 Å². The van der Waals surface area contributed by atoms with Gasteiger partial charge in [-0.3, -0.25) is 0 Å². The number of hydrogen-bond acceptors (Lipinski definition) is 2. The maximum absolute atomic E-state index is 9.19. The van der Waals surface area contributed by atoms with Crippen molar-refractivity contribution < 1.29 is 5.11 Å². The van der Waals surface area contributed by atoms with Gasteiger partial charge in [0.15, 0.2) is 0 Å². The second kappa shape index (κ2) is 2.86. The van der Waals surface area contributed by atoms with Crippen LogP contribution in [0.3, 0.4) is 0 Å². The maximum Gasteiger partial charge on any atom is 0.0728 e. The molecule has 2 nitrogen and oxygen atoms in total. The summed E-state index contributed by atoms with van der Waals surface area (Å²) in [5, 5.41) is 12.4.